The average molecular weight is 374 g/mol. The quantitative estimate of drug-likeness (QED) is 0.708. The highest BCUT2D eigenvalue weighted by Crippen LogP contribution is 2.28. The first-order valence-corrected chi connectivity index (χ1v) is 8.10. The normalized spacial score (nSPS) is 10.4. The van der Waals surface area contributed by atoms with Crippen LogP contribution in [0.1, 0.15) is 5.56 Å². The maximum Gasteiger partial charge on any atom is 0.263 e. The lowest BCUT2D eigenvalue weighted by Gasteiger charge is -2.08. The molecule has 0 unspecified atom stereocenters. The van der Waals surface area contributed by atoms with E-state index in [0.717, 1.165) is 16.9 Å². The van der Waals surface area contributed by atoms with Gasteiger partial charge in [0.15, 0.2) is 12.3 Å². The van der Waals surface area contributed by atoms with Gasteiger partial charge in [-0.3, -0.25) is 4.79 Å². The summed E-state index contributed by atoms with van der Waals surface area (Å²) in [4.78, 5) is 12.1. The summed E-state index contributed by atoms with van der Waals surface area (Å²) in [6, 6.07) is 12.3. The average Bonchev–Trinajstić information content (AvgIpc) is 3.08. The van der Waals surface area contributed by atoms with E-state index in [9.17, 15) is 4.79 Å². The molecule has 0 aliphatic carbocycles. The number of nitrogens with one attached hydrogen (secondary N) is 1. The topological polar surface area (TPSA) is 86.5 Å². The van der Waals surface area contributed by atoms with E-state index in [4.69, 9.17) is 25.7 Å². The highest BCUT2D eigenvalue weighted by Gasteiger charge is 2.16. The van der Waals surface area contributed by atoms with Crippen molar-refractivity contribution in [2.24, 2.45) is 0 Å². The number of rotatable bonds is 6. The molecule has 26 heavy (non-hydrogen) atoms. The van der Waals surface area contributed by atoms with Crippen molar-refractivity contribution in [3.8, 4) is 22.8 Å². The highest BCUT2D eigenvalue weighted by atomic mass is 35.5. The number of hydrogen-bond donors (Lipinski definition) is 1. The van der Waals surface area contributed by atoms with Gasteiger partial charge in [0.25, 0.3) is 5.91 Å². The molecule has 1 amide bonds. The van der Waals surface area contributed by atoms with E-state index in [0.29, 0.717) is 16.5 Å². The second-order valence-corrected chi connectivity index (χ2v) is 5.88. The SMILES string of the molecule is COc1ccc(-c2nonc2NC(=O)COc2cccc(Cl)c2)cc1C. The predicted molar refractivity (Wildman–Crippen MR) is 96.6 cm³/mol. The molecule has 134 valence electrons. The van der Waals surface area contributed by atoms with Crippen molar-refractivity contribution in [3.63, 3.8) is 0 Å². The fourth-order valence-corrected chi connectivity index (χ4v) is 2.54. The van der Waals surface area contributed by atoms with Crippen molar-refractivity contribution in [2.45, 2.75) is 6.92 Å². The van der Waals surface area contributed by atoms with Crippen LogP contribution < -0.4 is 14.8 Å². The molecule has 1 N–H and O–H groups in total. The van der Waals surface area contributed by atoms with Gasteiger partial charge >= 0.3 is 0 Å². The van der Waals surface area contributed by atoms with Crippen LogP contribution in [0.5, 0.6) is 11.5 Å². The maximum atomic E-state index is 12.1. The molecule has 0 aliphatic heterocycles. The van der Waals surface area contributed by atoms with Gasteiger partial charge in [-0.1, -0.05) is 17.7 Å². The van der Waals surface area contributed by atoms with Crippen LogP contribution >= 0.6 is 11.6 Å². The number of aromatic nitrogens is 2. The maximum absolute atomic E-state index is 12.1. The Morgan fingerprint density at radius 3 is 2.81 bits per heavy atom. The minimum absolute atomic E-state index is 0.200. The van der Waals surface area contributed by atoms with Crippen LogP contribution in [0.15, 0.2) is 47.1 Å². The Hall–Kier alpha value is -3.06. The summed E-state index contributed by atoms with van der Waals surface area (Å²) in [5.41, 5.74) is 2.09. The van der Waals surface area contributed by atoms with E-state index < -0.39 is 5.91 Å². The molecule has 0 atom stereocenters. The van der Waals surface area contributed by atoms with Gasteiger partial charge in [0.2, 0.25) is 5.82 Å². The molecule has 0 fully saturated rings. The first-order valence-electron chi connectivity index (χ1n) is 7.72. The zero-order chi connectivity index (χ0) is 18.5. The fourth-order valence-electron chi connectivity index (χ4n) is 2.36. The van der Waals surface area contributed by atoms with Crippen molar-refractivity contribution in [2.75, 3.05) is 19.0 Å². The number of hydrogen-bond acceptors (Lipinski definition) is 6. The van der Waals surface area contributed by atoms with Gasteiger partial charge in [0.05, 0.1) is 7.11 Å². The Bertz CT molecular complexity index is 926. The van der Waals surface area contributed by atoms with Crippen LogP contribution in [0.3, 0.4) is 0 Å². The van der Waals surface area contributed by atoms with Crippen molar-refractivity contribution in [1.82, 2.24) is 10.3 Å². The number of carbonyl (C=O) groups excluding carboxylic acids is 1. The van der Waals surface area contributed by atoms with Crippen molar-refractivity contribution in [1.29, 1.82) is 0 Å². The summed E-state index contributed by atoms with van der Waals surface area (Å²) in [5, 5.41) is 10.8. The Balaban J connectivity index is 1.68. The summed E-state index contributed by atoms with van der Waals surface area (Å²) in [6.07, 6.45) is 0. The first kappa shape index (κ1) is 17.8. The number of ether oxygens (including phenoxy) is 2. The Morgan fingerprint density at radius 2 is 2.08 bits per heavy atom. The third kappa shape index (κ3) is 4.12. The molecule has 2 aromatic carbocycles. The minimum Gasteiger partial charge on any atom is -0.496 e. The second kappa shape index (κ2) is 7.88. The largest absolute Gasteiger partial charge is 0.496 e. The second-order valence-electron chi connectivity index (χ2n) is 5.44. The number of methoxy groups -OCH3 is 1. The molecular weight excluding hydrogens is 358 g/mol. The monoisotopic (exact) mass is 373 g/mol. The van der Waals surface area contributed by atoms with Crippen LogP contribution in [0.25, 0.3) is 11.3 Å². The Labute approximate surface area is 154 Å². The third-order valence-corrected chi connectivity index (χ3v) is 3.82. The van der Waals surface area contributed by atoms with Crippen LogP contribution in [0.2, 0.25) is 5.02 Å². The number of carbonyl (C=O) groups is 1. The number of benzene rings is 2. The van der Waals surface area contributed by atoms with Gasteiger partial charge in [0.1, 0.15) is 11.5 Å². The van der Waals surface area contributed by atoms with E-state index >= 15 is 0 Å². The van der Waals surface area contributed by atoms with Crippen LogP contribution in [-0.4, -0.2) is 29.9 Å². The zero-order valence-corrected chi connectivity index (χ0v) is 14.9. The molecule has 0 radical (unpaired) electrons. The van der Waals surface area contributed by atoms with Gasteiger partial charge in [0, 0.05) is 10.6 Å². The molecule has 0 saturated heterocycles. The Kier molecular flexibility index (Phi) is 5.38. The fraction of sp³-hybridized carbons (Fsp3) is 0.167. The smallest absolute Gasteiger partial charge is 0.263 e. The van der Waals surface area contributed by atoms with E-state index in [1.807, 2.05) is 25.1 Å². The molecule has 1 heterocycles. The van der Waals surface area contributed by atoms with Gasteiger partial charge in [-0.2, -0.15) is 0 Å². The lowest BCUT2D eigenvalue weighted by Crippen LogP contribution is -2.20. The molecule has 0 spiro atoms. The minimum atomic E-state index is -0.396. The van der Waals surface area contributed by atoms with E-state index in [-0.39, 0.29) is 12.4 Å². The molecule has 0 saturated carbocycles. The molecule has 0 bridgehead atoms. The highest BCUT2D eigenvalue weighted by molar-refractivity contribution is 6.30. The van der Waals surface area contributed by atoms with Crippen molar-refractivity contribution < 1.29 is 18.9 Å². The van der Waals surface area contributed by atoms with Crippen LogP contribution in [-0.2, 0) is 4.79 Å². The molecule has 7 nitrogen and oxygen atoms in total. The number of halogens is 1. The zero-order valence-electron chi connectivity index (χ0n) is 14.2. The third-order valence-electron chi connectivity index (χ3n) is 3.58. The summed E-state index contributed by atoms with van der Waals surface area (Å²) >= 11 is 5.88. The van der Waals surface area contributed by atoms with Crippen molar-refractivity contribution in [3.05, 3.63) is 53.1 Å². The first-order chi connectivity index (χ1) is 12.6. The molecular formula is C18H16ClN3O4. The number of anilines is 1. The van der Waals surface area contributed by atoms with Gasteiger partial charge in [-0.05, 0) is 59.2 Å². The summed E-state index contributed by atoms with van der Waals surface area (Å²) < 4.78 is 15.4. The summed E-state index contributed by atoms with van der Waals surface area (Å²) in [5.74, 6) is 1.07. The number of amides is 1. The van der Waals surface area contributed by atoms with Crippen molar-refractivity contribution >= 4 is 23.3 Å². The Morgan fingerprint density at radius 1 is 1.23 bits per heavy atom. The summed E-state index contributed by atoms with van der Waals surface area (Å²) in [7, 11) is 1.60. The molecule has 3 rings (SSSR count). The number of nitrogens with zero attached hydrogens (tertiary/aromatic N) is 2. The van der Waals surface area contributed by atoms with Crippen LogP contribution in [0.4, 0.5) is 5.82 Å². The summed E-state index contributed by atoms with van der Waals surface area (Å²) in [6.45, 7) is 1.71. The van der Waals surface area contributed by atoms with Gasteiger partial charge in [-0.15, -0.1) is 0 Å². The molecule has 1 aromatic heterocycles. The van der Waals surface area contributed by atoms with E-state index in [1.165, 1.54) is 0 Å². The number of aryl methyl sites for hydroxylation is 1. The van der Waals surface area contributed by atoms with Gasteiger partial charge in [-0.25, -0.2) is 4.63 Å². The molecule has 0 aliphatic rings. The predicted octanol–water partition coefficient (Wildman–Crippen LogP) is 3.72. The van der Waals surface area contributed by atoms with E-state index in [2.05, 4.69) is 15.6 Å². The molecule has 8 heteroatoms. The lowest BCUT2D eigenvalue weighted by atomic mass is 10.1. The van der Waals surface area contributed by atoms with Crippen LogP contribution in [0, 0.1) is 6.92 Å². The standard InChI is InChI=1S/C18H16ClN3O4/c1-11-8-12(6-7-15(11)24-2)17-18(22-26-21-17)20-16(23)10-25-14-5-3-4-13(19)9-14/h3-9H,10H2,1-2H3,(H,20,22,23). The molecule has 3 aromatic rings. The van der Waals surface area contributed by atoms with E-state index in [1.54, 1.807) is 31.4 Å². The lowest BCUT2D eigenvalue weighted by molar-refractivity contribution is -0.118. The van der Waals surface area contributed by atoms with Gasteiger partial charge < -0.3 is 14.8 Å².